The summed E-state index contributed by atoms with van der Waals surface area (Å²) in [6, 6.07) is 1.89. The number of epoxide rings is 2. The van der Waals surface area contributed by atoms with E-state index in [1.54, 1.807) is 12.5 Å². The maximum Gasteiger partial charge on any atom is 0.302 e. The minimum Gasteiger partial charge on any atom is -0.472 e. The molecule has 7 rings (SSSR count). The van der Waals surface area contributed by atoms with Gasteiger partial charge in [-0.1, -0.05) is 34.6 Å². The minimum atomic E-state index is -0.730. The van der Waals surface area contributed by atoms with Crippen molar-refractivity contribution in [3.63, 3.8) is 0 Å². The fourth-order valence-electron chi connectivity index (χ4n) is 10.4. The third-order valence-electron chi connectivity index (χ3n) is 11.8. The van der Waals surface area contributed by atoms with Crippen LogP contribution in [0.25, 0.3) is 0 Å². The summed E-state index contributed by atoms with van der Waals surface area (Å²) in [6.07, 6.45) is 4.07. The molecular formula is C28H34O7. The van der Waals surface area contributed by atoms with Gasteiger partial charge in [0.25, 0.3) is 0 Å². The number of rotatable bonds is 2. The molecule has 1 aromatic heterocycles. The van der Waals surface area contributed by atoms with Gasteiger partial charge in [0.05, 0.1) is 24.5 Å². The molecule has 0 amide bonds. The summed E-state index contributed by atoms with van der Waals surface area (Å²) >= 11 is 0. The summed E-state index contributed by atoms with van der Waals surface area (Å²) in [6.45, 7) is 12.2. The van der Waals surface area contributed by atoms with E-state index in [0.717, 1.165) is 18.4 Å². The van der Waals surface area contributed by atoms with E-state index in [1.807, 2.05) is 19.9 Å². The number of carbonyl (C=O) groups excluding carboxylic acids is 3. The van der Waals surface area contributed by atoms with Crippen LogP contribution in [0.1, 0.15) is 72.3 Å². The van der Waals surface area contributed by atoms with Crippen molar-refractivity contribution in [2.45, 2.75) is 96.7 Å². The van der Waals surface area contributed by atoms with Gasteiger partial charge in [-0.3, -0.25) is 14.4 Å². The largest absolute Gasteiger partial charge is 0.472 e. The first-order valence-electron chi connectivity index (χ1n) is 13.0. The molecule has 4 saturated carbocycles. The second-order valence-corrected chi connectivity index (χ2v) is 13.2. The summed E-state index contributed by atoms with van der Waals surface area (Å²) < 4.78 is 24.2. The molecule has 4 aliphatic carbocycles. The highest BCUT2D eigenvalue weighted by molar-refractivity contribution is 5.98. The fraction of sp³-hybridized carbons (Fsp3) is 0.750. The number of ether oxygens (including phenoxy) is 3. The van der Waals surface area contributed by atoms with Gasteiger partial charge in [-0.25, -0.2) is 0 Å². The van der Waals surface area contributed by atoms with Gasteiger partial charge in [0.1, 0.15) is 23.9 Å². The predicted molar refractivity (Wildman–Crippen MR) is 122 cm³/mol. The molecule has 7 nitrogen and oxygen atoms in total. The van der Waals surface area contributed by atoms with Gasteiger partial charge in [-0.2, -0.15) is 0 Å². The Hall–Kier alpha value is -1.99. The van der Waals surface area contributed by atoms with Crippen molar-refractivity contribution in [2.24, 2.45) is 33.5 Å². The molecule has 1 aromatic rings. The second kappa shape index (κ2) is 6.10. The Morgan fingerprint density at radius 2 is 1.86 bits per heavy atom. The summed E-state index contributed by atoms with van der Waals surface area (Å²) in [5.41, 5.74) is -1.74. The van der Waals surface area contributed by atoms with E-state index >= 15 is 0 Å². The zero-order chi connectivity index (χ0) is 24.9. The fourth-order valence-corrected chi connectivity index (χ4v) is 10.4. The third-order valence-corrected chi connectivity index (χ3v) is 11.8. The Morgan fingerprint density at radius 3 is 2.51 bits per heavy atom. The normalized spacial score (nSPS) is 54.6. The predicted octanol–water partition coefficient (Wildman–Crippen LogP) is 3.84. The molecule has 3 heterocycles. The van der Waals surface area contributed by atoms with E-state index in [-0.39, 0.29) is 52.9 Å². The lowest BCUT2D eigenvalue weighted by Crippen LogP contribution is -2.72. The van der Waals surface area contributed by atoms with E-state index < -0.39 is 34.1 Å². The number of esters is 1. The molecule has 11 unspecified atom stereocenters. The molecule has 0 radical (unpaired) electrons. The van der Waals surface area contributed by atoms with Crippen LogP contribution in [0.3, 0.4) is 0 Å². The second-order valence-electron chi connectivity index (χ2n) is 13.2. The van der Waals surface area contributed by atoms with Crippen LogP contribution in [-0.2, 0) is 28.6 Å². The van der Waals surface area contributed by atoms with Gasteiger partial charge in [0.15, 0.2) is 11.6 Å². The van der Waals surface area contributed by atoms with Crippen LogP contribution in [-0.4, -0.2) is 47.6 Å². The molecule has 2 aliphatic heterocycles. The molecule has 0 bridgehead atoms. The molecule has 35 heavy (non-hydrogen) atoms. The van der Waals surface area contributed by atoms with Crippen molar-refractivity contribution in [1.82, 2.24) is 0 Å². The first-order chi connectivity index (χ1) is 16.4. The average Bonchev–Trinajstić information content (AvgIpc) is 3.66. The van der Waals surface area contributed by atoms with Crippen LogP contribution in [0.2, 0.25) is 0 Å². The van der Waals surface area contributed by atoms with Crippen LogP contribution in [0.4, 0.5) is 0 Å². The number of hydrogen-bond acceptors (Lipinski definition) is 7. The Labute approximate surface area is 205 Å². The zero-order valence-corrected chi connectivity index (χ0v) is 21.3. The first kappa shape index (κ1) is 22.2. The minimum absolute atomic E-state index is 0.00778. The Kier molecular flexibility index (Phi) is 3.88. The number of fused-ring (bicyclic) bond motifs is 5. The number of hydrogen-bond donors (Lipinski definition) is 0. The van der Waals surface area contributed by atoms with Crippen LogP contribution >= 0.6 is 0 Å². The highest BCUT2D eigenvalue weighted by Gasteiger charge is 2.91. The molecule has 7 heteroatoms. The van der Waals surface area contributed by atoms with Gasteiger partial charge >= 0.3 is 5.97 Å². The Morgan fingerprint density at radius 1 is 1.11 bits per heavy atom. The lowest BCUT2D eigenvalue weighted by molar-refractivity contribution is -0.246. The molecule has 0 N–H and O–H groups in total. The Bertz CT molecular complexity index is 1170. The molecular weight excluding hydrogens is 448 g/mol. The van der Waals surface area contributed by atoms with Crippen molar-refractivity contribution in [1.29, 1.82) is 0 Å². The highest BCUT2D eigenvalue weighted by atomic mass is 16.6. The average molecular weight is 483 g/mol. The summed E-state index contributed by atoms with van der Waals surface area (Å²) in [7, 11) is 0. The quantitative estimate of drug-likeness (QED) is 0.466. The van der Waals surface area contributed by atoms with E-state index in [4.69, 9.17) is 18.6 Å². The Balaban J connectivity index is 1.41. The van der Waals surface area contributed by atoms with Crippen molar-refractivity contribution < 1.29 is 33.0 Å². The van der Waals surface area contributed by atoms with Gasteiger partial charge in [-0.05, 0) is 37.2 Å². The van der Waals surface area contributed by atoms with Gasteiger partial charge in [0, 0.05) is 34.1 Å². The zero-order valence-electron chi connectivity index (χ0n) is 21.3. The monoisotopic (exact) mass is 482 g/mol. The van der Waals surface area contributed by atoms with Crippen molar-refractivity contribution in [3.8, 4) is 0 Å². The van der Waals surface area contributed by atoms with Crippen molar-refractivity contribution in [3.05, 3.63) is 24.2 Å². The van der Waals surface area contributed by atoms with E-state index in [1.165, 1.54) is 6.92 Å². The maximum absolute atomic E-state index is 13.8. The number of furan rings is 1. The first-order valence-corrected chi connectivity index (χ1v) is 13.0. The molecule has 0 aromatic carbocycles. The van der Waals surface area contributed by atoms with Crippen LogP contribution < -0.4 is 0 Å². The maximum atomic E-state index is 13.8. The molecule has 188 valence electrons. The van der Waals surface area contributed by atoms with Crippen LogP contribution in [0.15, 0.2) is 23.0 Å². The molecule has 6 fully saturated rings. The SMILES string of the molecule is CC(=O)OC1CC2C(C)(C)C(=O)C3OC3C2(C)C2CCC3(C)C(c4ccoc4)C(=O)C4OC43C12C. The summed E-state index contributed by atoms with van der Waals surface area (Å²) in [4.78, 5) is 39.5. The lowest BCUT2D eigenvalue weighted by Gasteiger charge is -2.68. The van der Waals surface area contributed by atoms with E-state index in [2.05, 4.69) is 20.8 Å². The van der Waals surface area contributed by atoms with Gasteiger partial charge < -0.3 is 18.6 Å². The van der Waals surface area contributed by atoms with Crippen LogP contribution in [0, 0.1) is 33.5 Å². The van der Waals surface area contributed by atoms with E-state index in [9.17, 15) is 14.4 Å². The van der Waals surface area contributed by atoms with Crippen molar-refractivity contribution >= 4 is 17.5 Å². The van der Waals surface area contributed by atoms with Crippen molar-refractivity contribution in [2.75, 3.05) is 0 Å². The highest BCUT2D eigenvalue weighted by Crippen LogP contribution is 2.82. The lowest BCUT2D eigenvalue weighted by atomic mass is 9.35. The molecule has 2 saturated heterocycles. The number of carbonyl (C=O) groups is 3. The molecule has 1 spiro atoms. The molecule has 11 atom stereocenters. The summed E-state index contributed by atoms with van der Waals surface area (Å²) in [5.74, 6) is -0.302. The van der Waals surface area contributed by atoms with Gasteiger partial charge in [0.2, 0.25) is 0 Å². The summed E-state index contributed by atoms with van der Waals surface area (Å²) in [5, 5.41) is 0. The smallest absolute Gasteiger partial charge is 0.302 e. The van der Waals surface area contributed by atoms with Gasteiger partial charge in [-0.15, -0.1) is 0 Å². The standard InChI is InChI=1S/C28H34O7/c1-13(29)33-17-11-16-24(2,3)21(31)20-23(34-20)26(16,5)15-7-9-25(4)18(14-8-10-32-12-14)19(30)22-28(25,35-22)27(15,17)6/h8,10,12,15-18,20,22-23H,7,9,11H2,1-6H3. The van der Waals surface area contributed by atoms with E-state index in [0.29, 0.717) is 6.42 Å². The number of ketones is 2. The molecule has 6 aliphatic rings. The topological polar surface area (TPSA) is 98.6 Å². The third kappa shape index (κ3) is 2.14. The number of Topliss-reactive ketones (excluding diaryl/α,β-unsaturated/α-hetero) is 2. The van der Waals surface area contributed by atoms with Crippen LogP contribution in [0.5, 0.6) is 0 Å².